The van der Waals surface area contributed by atoms with Crippen LogP contribution in [0.15, 0.2) is 42.5 Å². The van der Waals surface area contributed by atoms with E-state index in [2.05, 4.69) is 10.6 Å². The molecule has 144 valence electrons. The summed E-state index contributed by atoms with van der Waals surface area (Å²) in [6.07, 6.45) is -4.63. The summed E-state index contributed by atoms with van der Waals surface area (Å²) in [5.41, 5.74) is -0.904. The van der Waals surface area contributed by atoms with Crippen LogP contribution >= 0.6 is 11.6 Å². The number of anilines is 1. The smallest absolute Gasteiger partial charge is 0.347 e. The fraction of sp³-hybridized carbons (Fsp3) is 0.263. The molecule has 0 saturated heterocycles. The summed E-state index contributed by atoms with van der Waals surface area (Å²) < 4.78 is 38.7. The average Bonchev–Trinajstić information content (AvgIpc) is 2.54. The van der Waals surface area contributed by atoms with Crippen molar-refractivity contribution >= 4 is 29.1 Å². The van der Waals surface area contributed by atoms with Crippen molar-refractivity contribution in [3.8, 4) is 0 Å². The number of alkyl halides is 3. The molecule has 0 atom stereocenters. The number of hydrogen-bond donors (Lipinski definition) is 2. The second-order valence-electron chi connectivity index (χ2n) is 6.93. The van der Waals surface area contributed by atoms with Gasteiger partial charge in [0.05, 0.1) is 10.6 Å². The van der Waals surface area contributed by atoms with Crippen LogP contribution in [0.1, 0.15) is 47.1 Å². The fourth-order valence-electron chi connectivity index (χ4n) is 2.21. The van der Waals surface area contributed by atoms with Crippen molar-refractivity contribution in [2.24, 2.45) is 0 Å². The first-order valence-corrected chi connectivity index (χ1v) is 8.35. The Morgan fingerprint density at radius 1 is 0.889 bits per heavy atom. The van der Waals surface area contributed by atoms with E-state index in [1.807, 2.05) is 20.8 Å². The Balaban J connectivity index is 2.14. The van der Waals surface area contributed by atoms with E-state index >= 15 is 0 Å². The monoisotopic (exact) mass is 398 g/mol. The van der Waals surface area contributed by atoms with Gasteiger partial charge in [0.2, 0.25) is 0 Å². The normalized spacial score (nSPS) is 11.8. The molecule has 0 heterocycles. The number of carbonyl (C=O) groups is 2. The Morgan fingerprint density at radius 2 is 1.41 bits per heavy atom. The van der Waals surface area contributed by atoms with Crippen molar-refractivity contribution in [1.29, 1.82) is 0 Å². The van der Waals surface area contributed by atoms with Crippen molar-refractivity contribution in [3.05, 3.63) is 64.2 Å². The lowest BCUT2D eigenvalue weighted by molar-refractivity contribution is -0.137. The molecular formula is C19H18ClF3N2O2. The summed E-state index contributed by atoms with van der Waals surface area (Å²) >= 11 is 5.56. The third kappa shape index (κ3) is 5.72. The van der Waals surface area contributed by atoms with E-state index in [-0.39, 0.29) is 17.2 Å². The SMILES string of the molecule is CC(C)(C)NC(=O)c1ccc(C(=O)Nc2ccc(Cl)c(C(F)(F)F)c2)cc1. The summed E-state index contributed by atoms with van der Waals surface area (Å²) in [6.45, 7) is 5.52. The van der Waals surface area contributed by atoms with Gasteiger partial charge in [0.1, 0.15) is 0 Å². The van der Waals surface area contributed by atoms with Gasteiger partial charge in [-0.1, -0.05) is 11.6 Å². The minimum atomic E-state index is -4.63. The second-order valence-corrected chi connectivity index (χ2v) is 7.34. The minimum Gasteiger partial charge on any atom is -0.347 e. The van der Waals surface area contributed by atoms with Crippen LogP contribution in [-0.2, 0) is 6.18 Å². The Bertz CT molecular complexity index is 857. The van der Waals surface area contributed by atoms with E-state index in [1.54, 1.807) is 0 Å². The highest BCUT2D eigenvalue weighted by Gasteiger charge is 2.33. The third-order valence-corrected chi connectivity index (χ3v) is 3.76. The molecule has 27 heavy (non-hydrogen) atoms. The van der Waals surface area contributed by atoms with E-state index in [0.717, 1.165) is 12.1 Å². The van der Waals surface area contributed by atoms with Crippen LogP contribution in [0, 0.1) is 0 Å². The van der Waals surface area contributed by atoms with Crippen LogP contribution in [0.25, 0.3) is 0 Å². The molecule has 0 unspecified atom stereocenters. The van der Waals surface area contributed by atoms with Gasteiger partial charge in [0, 0.05) is 22.4 Å². The maximum atomic E-state index is 12.9. The van der Waals surface area contributed by atoms with Crippen LogP contribution < -0.4 is 10.6 Å². The molecule has 0 aliphatic heterocycles. The summed E-state index contributed by atoms with van der Waals surface area (Å²) in [5, 5.41) is 4.73. The van der Waals surface area contributed by atoms with Gasteiger partial charge < -0.3 is 10.6 Å². The molecule has 8 heteroatoms. The first-order chi connectivity index (χ1) is 12.4. The van der Waals surface area contributed by atoms with Gasteiger partial charge in [-0.15, -0.1) is 0 Å². The lowest BCUT2D eigenvalue weighted by Gasteiger charge is -2.20. The third-order valence-electron chi connectivity index (χ3n) is 3.43. The quantitative estimate of drug-likeness (QED) is 0.752. The first-order valence-electron chi connectivity index (χ1n) is 7.97. The van der Waals surface area contributed by atoms with Gasteiger partial charge in [-0.2, -0.15) is 13.2 Å². The van der Waals surface area contributed by atoms with Crippen LogP contribution in [-0.4, -0.2) is 17.4 Å². The van der Waals surface area contributed by atoms with E-state index in [0.29, 0.717) is 5.56 Å². The maximum Gasteiger partial charge on any atom is 0.417 e. The second kappa shape index (κ2) is 7.60. The number of rotatable bonds is 3. The molecule has 0 spiro atoms. The Morgan fingerprint density at radius 3 is 1.89 bits per heavy atom. The molecule has 2 aromatic rings. The zero-order chi connectivity index (χ0) is 20.4. The lowest BCUT2D eigenvalue weighted by atomic mass is 10.1. The zero-order valence-electron chi connectivity index (χ0n) is 14.9. The van der Waals surface area contributed by atoms with Crippen LogP contribution in [0.3, 0.4) is 0 Å². The highest BCUT2D eigenvalue weighted by molar-refractivity contribution is 6.31. The largest absolute Gasteiger partial charge is 0.417 e. The standard InChI is InChI=1S/C19H18ClF3N2O2/c1-18(2,3)25-17(27)12-6-4-11(5-7-12)16(26)24-13-8-9-15(20)14(10-13)19(21,22)23/h4-10H,1-3H3,(H,24,26)(H,25,27). The van der Waals surface area contributed by atoms with E-state index in [9.17, 15) is 22.8 Å². The number of amides is 2. The van der Waals surface area contributed by atoms with Gasteiger partial charge >= 0.3 is 6.18 Å². The first kappa shape index (κ1) is 20.8. The van der Waals surface area contributed by atoms with Crippen molar-refractivity contribution in [2.45, 2.75) is 32.5 Å². The Hall–Kier alpha value is -2.54. The lowest BCUT2D eigenvalue weighted by Crippen LogP contribution is -2.40. The summed E-state index contributed by atoms with van der Waals surface area (Å²) in [5.74, 6) is -0.893. The molecule has 4 nitrogen and oxygen atoms in total. The topological polar surface area (TPSA) is 58.2 Å². The molecule has 0 aliphatic rings. The zero-order valence-corrected chi connectivity index (χ0v) is 15.6. The molecule has 2 aromatic carbocycles. The van der Waals surface area contributed by atoms with Crippen LogP contribution in [0.2, 0.25) is 5.02 Å². The van der Waals surface area contributed by atoms with Gasteiger partial charge in [-0.3, -0.25) is 9.59 Å². The molecular weight excluding hydrogens is 381 g/mol. The molecule has 2 amide bonds. The van der Waals surface area contributed by atoms with E-state index < -0.39 is 28.2 Å². The fourth-order valence-corrected chi connectivity index (χ4v) is 2.43. The van der Waals surface area contributed by atoms with Crippen LogP contribution in [0.4, 0.5) is 18.9 Å². The van der Waals surface area contributed by atoms with Gasteiger partial charge in [-0.25, -0.2) is 0 Å². The van der Waals surface area contributed by atoms with Crippen molar-refractivity contribution in [3.63, 3.8) is 0 Å². The Kier molecular flexibility index (Phi) is 5.85. The number of carbonyl (C=O) groups excluding carboxylic acids is 2. The molecule has 2 rings (SSSR count). The van der Waals surface area contributed by atoms with Gasteiger partial charge in [-0.05, 0) is 63.2 Å². The molecule has 0 saturated carbocycles. The molecule has 0 aromatic heterocycles. The van der Waals surface area contributed by atoms with Crippen molar-refractivity contribution in [1.82, 2.24) is 5.32 Å². The predicted molar refractivity (Wildman–Crippen MR) is 98.1 cm³/mol. The predicted octanol–water partition coefficient (Wildman–Crippen LogP) is 5.14. The van der Waals surface area contributed by atoms with Gasteiger partial charge in [0.15, 0.2) is 0 Å². The van der Waals surface area contributed by atoms with E-state index in [4.69, 9.17) is 11.6 Å². The summed E-state index contributed by atoms with van der Waals surface area (Å²) in [4.78, 5) is 24.3. The number of hydrogen-bond acceptors (Lipinski definition) is 2. The highest BCUT2D eigenvalue weighted by atomic mass is 35.5. The summed E-state index contributed by atoms with van der Waals surface area (Å²) in [7, 11) is 0. The molecule has 0 bridgehead atoms. The minimum absolute atomic E-state index is 0.0359. The van der Waals surface area contributed by atoms with E-state index in [1.165, 1.54) is 30.3 Å². The number of nitrogens with one attached hydrogen (secondary N) is 2. The number of halogens is 4. The Labute approximate surface area is 159 Å². The molecule has 0 aliphatic carbocycles. The highest BCUT2D eigenvalue weighted by Crippen LogP contribution is 2.36. The van der Waals surface area contributed by atoms with Crippen molar-refractivity contribution < 1.29 is 22.8 Å². The average molecular weight is 399 g/mol. The summed E-state index contributed by atoms with van der Waals surface area (Å²) in [6, 6.07) is 8.91. The maximum absolute atomic E-state index is 12.9. The number of benzene rings is 2. The van der Waals surface area contributed by atoms with Crippen molar-refractivity contribution in [2.75, 3.05) is 5.32 Å². The van der Waals surface area contributed by atoms with Gasteiger partial charge in [0.25, 0.3) is 11.8 Å². The molecule has 0 radical (unpaired) electrons. The molecule has 2 N–H and O–H groups in total. The van der Waals surface area contributed by atoms with Crippen LogP contribution in [0.5, 0.6) is 0 Å². The molecule has 0 fully saturated rings.